The molecule has 0 N–H and O–H groups in total. The second-order valence-corrected chi connectivity index (χ2v) is 10.4. The topological polar surface area (TPSA) is 72.3 Å². The molecule has 2 aromatic rings. The van der Waals surface area contributed by atoms with Crippen LogP contribution in [-0.4, -0.2) is 35.3 Å². The van der Waals surface area contributed by atoms with E-state index in [2.05, 4.69) is 11.6 Å². The number of amides is 1. The lowest BCUT2D eigenvalue weighted by molar-refractivity contribution is -0.132. The van der Waals surface area contributed by atoms with Crippen LogP contribution >= 0.6 is 0 Å². The van der Waals surface area contributed by atoms with Gasteiger partial charge in [-0.2, -0.15) is 0 Å². The van der Waals surface area contributed by atoms with Gasteiger partial charge >= 0.3 is 0 Å². The number of nitrogens with zero attached hydrogens (tertiary/aromatic N) is 3. The van der Waals surface area contributed by atoms with Crippen molar-refractivity contribution in [3.05, 3.63) is 59.9 Å². The molecular formula is C23H31N3O3S. The van der Waals surface area contributed by atoms with Crippen LogP contribution in [0.4, 0.5) is 0 Å². The van der Waals surface area contributed by atoms with E-state index in [0.717, 1.165) is 29.7 Å². The molecule has 0 saturated heterocycles. The summed E-state index contributed by atoms with van der Waals surface area (Å²) >= 11 is 0. The van der Waals surface area contributed by atoms with Gasteiger partial charge in [-0.3, -0.25) is 4.79 Å². The van der Waals surface area contributed by atoms with Gasteiger partial charge in [-0.15, -0.1) is 6.58 Å². The predicted octanol–water partition coefficient (Wildman–Crippen LogP) is 3.75. The lowest BCUT2D eigenvalue weighted by Crippen LogP contribution is -2.33. The Balaban J connectivity index is 1.92. The zero-order chi connectivity index (χ0) is 21.9. The van der Waals surface area contributed by atoms with E-state index >= 15 is 0 Å². The van der Waals surface area contributed by atoms with Gasteiger partial charge in [0.15, 0.2) is 0 Å². The zero-order valence-corrected chi connectivity index (χ0v) is 18.9. The summed E-state index contributed by atoms with van der Waals surface area (Å²) in [5.41, 5.74) is 2.50. The van der Waals surface area contributed by atoms with Crippen molar-refractivity contribution in [1.82, 2.24) is 14.5 Å². The van der Waals surface area contributed by atoms with Gasteiger partial charge in [0.05, 0.1) is 24.2 Å². The van der Waals surface area contributed by atoms with Crippen molar-refractivity contribution < 1.29 is 13.2 Å². The molecule has 0 unspecified atom stereocenters. The van der Waals surface area contributed by atoms with Gasteiger partial charge in [0.2, 0.25) is 20.9 Å². The molecule has 1 aliphatic carbocycles. The first-order valence-corrected chi connectivity index (χ1v) is 12.1. The number of aryl methyl sites for hydroxylation is 1. The van der Waals surface area contributed by atoms with Crippen molar-refractivity contribution in [2.24, 2.45) is 11.8 Å². The van der Waals surface area contributed by atoms with Gasteiger partial charge < -0.3 is 9.47 Å². The molecule has 1 aliphatic rings. The Kier molecular flexibility index (Phi) is 6.81. The summed E-state index contributed by atoms with van der Waals surface area (Å²) in [7, 11) is -3.63. The van der Waals surface area contributed by atoms with Crippen LogP contribution in [0.2, 0.25) is 0 Å². The van der Waals surface area contributed by atoms with Crippen molar-refractivity contribution in [2.45, 2.75) is 57.6 Å². The Morgan fingerprint density at radius 3 is 2.70 bits per heavy atom. The smallest absolute Gasteiger partial charge is 0.228 e. The number of carbonyl (C=O) groups excluding carboxylic acids is 1. The summed E-state index contributed by atoms with van der Waals surface area (Å²) in [4.78, 5) is 18.7. The van der Waals surface area contributed by atoms with Crippen LogP contribution < -0.4 is 0 Å². The number of rotatable bonds is 10. The van der Waals surface area contributed by atoms with E-state index in [1.54, 1.807) is 21.7 Å². The molecule has 6 nitrogen and oxygen atoms in total. The number of imidazole rings is 1. The fraction of sp³-hybridized carbons (Fsp3) is 0.478. The number of sulfone groups is 1. The van der Waals surface area contributed by atoms with Crippen molar-refractivity contribution >= 4 is 15.7 Å². The van der Waals surface area contributed by atoms with Gasteiger partial charge in [-0.1, -0.05) is 49.8 Å². The van der Waals surface area contributed by atoms with Crippen LogP contribution in [0.3, 0.4) is 0 Å². The summed E-state index contributed by atoms with van der Waals surface area (Å²) in [6.07, 6.45) is 5.16. The maximum Gasteiger partial charge on any atom is 0.228 e. The van der Waals surface area contributed by atoms with E-state index in [1.165, 1.54) is 0 Å². The number of benzene rings is 1. The summed E-state index contributed by atoms with van der Waals surface area (Å²) in [5, 5.41) is 0.0742. The number of hydrogen-bond donors (Lipinski definition) is 0. The standard InChI is InChI=1S/C23H31N3O3S/c1-5-11-25(22(27)20-9-10-20)15-21-13-24-23(26(21)14-17(2)3)30(28,29)16-19-8-6-7-18(4)12-19/h5-8,12-13,17,20H,1,9-11,14-16H2,2-4H3. The highest BCUT2D eigenvalue weighted by molar-refractivity contribution is 7.90. The molecule has 30 heavy (non-hydrogen) atoms. The molecule has 0 aliphatic heterocycles. The first-order chi connectivity index (χ1) is 14.2. The van der Waals surface area contributed by atoms with E-state index < -0.39 is 9.84 Å². The largest absolute Gasteiger partial charge is 0.333 e. The summed E-state index contributed by atoms with van der Waals surface area (Å²) in [5.74, 6) is 0.339. The second kappa shape index (κ2) is 9.16. The molecule has 0 atom stereocenters. The van der Waals surface area contributed by atoms with Crippen molar-refractivity contribution in [3.63, 3.8) is 0 Å². The Labute approximate surface area is 179 Å². The highest BCUT2D eigenvalue weighted by atomic mass is 32.2. The van der Waals surface area contributed by atoms with E-state index in [-0.39, 0.29) is 28.7 Å². The summed E-state index contributed by atoms with van der Waals surface area (Å²) in [6.45, 7) is 11.1. The molecule has 3 rings (SSSR count). The van der Waals surface area contributed by atoms with Crippen LogP contribution in [0.1, 0.15) is 43.5 Å². The third kappa shape index (κ3) is 5.39. The van der Waals surface area contributed by atoms with Gasteiger partial charge in [-0.25, -0.2) is 13.4 Å². The van der Waals surface area contributed by atoms with Gasteiger partial charge in [-0.05, 0) is 31.2 Å². The van der Waals surface area contributed by atoms with Crippen molar-refractivity contribution in [3.8, 4) is 0 Å². The Morgan fingerprint density at radius 2 is 2.10 bits per heavy atom. The molecule has 1 aromatic heterocycles. The monoisotopic (exact) mass is 429 g/mol. The Hall–Kier alpha value is -2.41. The molecular weight excluding hydrogens is 398 g/mol. The van der Waals surface area contributed by atoms with Crippen LogP contribution in [0, 0.1) is 18.8 Å². The minimum Gasteiger partial charge on any atom is -0.333 e. The van der Waals surface area contributed by atoms with E-state index in [9.17, 15) is 13.2 Å². The SMILES string of the molecule is C=CCN(Cc1cnc(S(=O)(=O)Cc2cccc(C)c2)n1CC(C)C)C(=O)C1CC1. The lowest BCUT2D eigenvalue weighted by atomic mass is 10.2. The summed E-state index contributed by atoms with van der Waals surface area (Å²) < 4.78 is 28.2. The zero-order valence-electron chi connectivity index (χ0n) is 18.0. The third-order valence-corrected chi connectivity index (χ3v) is 6.70. The lowest BCUT2D eigenvalue weighted by Gasteiger charge is -2.23. The predicted molar refractivity (Wildman–Crippen MR) is 117 cm³/mol. The highest BCUT2D eigenvalue weighted by Gasteiger charge is 2.34. The Bertz CT molecular complexity index is 1020. The van der Waals surface area contributed by atoms with Crippen LogP contribution in [0.25, 0.3) is 0 Å². The Morgan fingerprint density at radius 1 is 1.37 bits per heavy atom. The number of aromatic nitrogens is 2. The van der Waals surface area contributed by atoms with E-state index in [1.807, 2.05) is 45.0 Å². The molecule has 7 heteroatoms. The molecule has 162 valence electrons. The van der Waals surface area contributed by atoms with E-state index in [4.69, 9.17) is 0 Å². The number of hydrogen-bond acceptors (Lipinski definition) is 4. The first-order valence-electron chi connectivity index (χ1n) is 10.4. The molecule has 1 saturated carbocycles. The van der Waals surface area contributed by atoms with Crippen LogP contribution in [-0.2, 0) is 33.5 Å². The fourth-order valence-corrected chi connectivity index (χ4v) is 5.07. The van der Waals surface area contributed by atoms with Crippen LogP contribution in [0.5, 0.6) is 0 Å². The molecule has 1 heterocycles. The highest BCUT2D eigenvalue weighted by Crippen LogP contribution is 2.31. The molecule has 0 spiro atoms. The quantitative estimate of drug-likeness (QED) is 0.539. The average Bonchev–Trinajstić information content (AvgIpc) is 3.43. The first kappa shape index (κ1) is 22.3. The van der Waals surface area contributed by atoms with Gasteiger partial charge in [0.1, 0.15) is 0 Å². The molecule has 1 fully saturated rings. The fourth-order valence-electron chi connectivity index (χ4n) is 3.59. The van der Waals surface area contributed by atoms with Crippen molar-refractivity contribution in [2.75, 3.05) is 6.54 Å². The second-order valence-electron chi connectivity index (χ2n) is 8.57. The minimum atomic E-state index is -3.63. The molecule has 1 amide bonds. The molecule has 0 radical (unpaired) electrons. The van der Waals surface area contributed by atoms with Gasteiger partial charge in [0, 0.05) is 19.0 Å². The summed E-state index contributed by atoms with van der Waals surface area (Å²) in [6, 6.07) is 7.51. The van der Waals surface area contributed by atoms with Crippen LogP contribution in [0.15, 0.2) is 48.3 Å². The van der Waals surface area contributed by atoms with E-state index in [0.29, 0.717) is 19.6 Å². The van der Waals surface area contributed by atoms with Gasteiger partial charge in [0.25, 0.3) is 0 Å². The molecule has 1 aromatic carbocycles. The van der Waals surface area contributed by atoms with Crippen molar-refractivity contribution in [1.29, 1.82) is 0 Å². The maximum absolute atomic E-state index is 13.2. The maximum atomic E-state index is 13.2. The average molecular weight is 430 g/mol. The minimum absolute atomic E-state index is 0.0742. The molecule has 0 bridgehead atoms. The third-order valence-electron chi connectivity index (χ3n) is 5.11. The number of carbonyl (C=O) groups is 1. The normalized spacial score (nSPS) is 14.1.